The summed E-state index contributed by atoms with van der Waals surface area (Å²) >= 11 is 0. The summed E-state index contributed by atoms with van der Waals surface area (Å²) in [4.78, 5) is 11.5. The number of rotatable bonds is 4. The van der Waals surface area contributed by atoms with Gasteiger partial charge in [-0.25, -0.2) is 0 Å². The summed E-state index contributed by atoms with van der Waals surface area (Å²) in [6.07, 6.45) is 2.84. The van der Waals surface area contributed by atoms with E-state index in [1.165, 1.54) is 0 Å². The van der Waals surface area contributed by atoms with Crippen molar-refractivity contribution in [3.63, 3.8) is 0 Å². The molecule has 1 aliphatic rings. The highest BCUT2D eigenvalue weighted by atomic mass is 16.6. The normalized spacial score (nSPS) is 12.9. The topological polar surface area (TPSA) is 47.6 Å². The molecule has 0 fully saturated rings. The zero-order valence-corrected chi connectivity index (χ0v) is 9.57. The molecule has 0 saturated heterocycles. The van der Waals surface area contributed by atoms with E-state index in [1.807, 2.05) is 0 Å². The molecule has 0 spiro atoms. The molecular weight excluding hydrogens is 218 g/mol. The highest BCUT2D eigenvalue weighted by Gasteiger charge is 2.12. The maximum absolute atomic E-state index is 11.5. The molecule has 1 heterocycles. The summed E-state index contributed by atoms with van der Waals surface area (Å²) in [5.41, 5.74) is 0.725. The molecule has 17 heavy (non-hydrogen) atoms. The Morgan fingerprint density at radius 2 is 2.12 bits per heavy atom. The molecule has 1 aliphatic heterocycles. The minimum Gasteiger partial charge on any atom is -0.486 e. The highest BCUT2D eigenvalue weighted by Crippen LogP contribution is 2.32. The molecule has 2 rings (SSSR count). The van der Waals surface area contributed by atoms with Crippen LogP contribution >= 0.6 is 0 Å². The van der Waals surface area contributed by atoms with Crippen LogP contribution < -0.4 is 14.8 Å². The van der Waals surface area contributed by atoms with E-state index in [1.54, 1.807) is 24.3 Å². The molecule has 0 aliphatic carbocycles. The molecule has 0 atom stereocenters. The third-order valence-corrected chi connectivity index (χ3v) is 2.40. The molecule has 0 radical (unpaired) electrons. The van der Waals surface area contributed by atoms with Gasteiger partial charge in [0, 0.05) is 18.2 Å². The summed E-state index contributed by atoms with van der Waals surface area (Å²) in [5.74, 6) is 1.37. The van der Waals surface area contributed by atoms with Crippen LogP contribution in [0, 0.1) is 0 Å². The summed E-state index contributed by atoms with van der Waals surface area (Å²) in [6.45, 7) is 4.69. The van der Waals surface area contributed by atoms with Crippen molar-refractivity contribution in [2.75, 3.05) is 18.5 Å². The zero-order chi connectivity index (χ0) is 12.1. The Bertz CT molecular complexity index is 429. The van der Waals surface area contributed by atoms with Crippen molar-refractivity contribution < 1.29 is 14.3 Å². The Balaban J connectivity index is 2.01. The first-order valence-corrected chi connectivity index (χ1v) is 5.60. The van der Waals surface area contributed by atoms with Gasteiger partial charge in [-0.2, -0.15) is 0 Å². The summed E-state index contributed by atoms with van der Waals surface area (Å²) < 4.78 is 10.8. The minimum absolute atomic E-state index is 0.0263. The first-order valence-electron chi connectivity index (χ1n) is 5.60. The van der Waals surface area contributed by atoms with E-state index in [0.717, 1.165) is 11.4 Å². The number of ether oxygens (including phenoxy) is 2. The number of amides is 1. The standard InChI is InChI=1S/C13H15NO3/c1-2-3-4-13(15)14-10-5-6-11-12(9-10)17-8-7-16-11/h2,5-6,9H,1,3-4,7-8H2,(H,14,15). The maximum Gasteiger partial charge on any atom is 0.224 e. The van der Waals surface area contributed by atoms with E-state index in [9.17, 15) is 4.79 Å². The molecule has 1 N–H and O–H groups in total. The SMILES string of the molecule is C=CCCC(=O)Nc1ccc2c(c1)OCCO2. The molecule has 1 amide bonds. The number of nitrogens with one attached hydrogen (secondary N) is 1. The Labute approximate surface area is 100 Å². The lowest BCUT2D eigenvalue weighted by Gasteiger charge is -2.18. The van der Waals surface area contributed by atoms with Crippen LogP contribution in [0.3, 0.4) is 0 Å². The highest BCUT2D eigenvalue weighted by molar-refractivity contribution is 5.91. The van der Waals surface area contributed by atoms with Crippen LogP contribution in [0.1, 0.15) is 12.8 Å². The number of hydrogen-bond acceptors (Lipinski definition) is 3. The smallest absolute Gasteiger partial charge is 0.224 e. The second-order valence-corrected chi connectivity index (χ2v) is 3.73. The van der Waals surface area contributed by atoms with Crippen LogP contribution in [0.25, 0.3) is 0 Å². The van der Waals surface area contributed by atoms with Gasteiger partial charge in [-0.3, -0.25) is 4.79 Å². The van der Waals surface area contributed by atoms with Gasteiger partial charge in [0.2, 0.25) is 5.91 Å². The number of allylic oxidation sites excluding steroid dienone is 1. The Hall–Kier alpha value is -1.97. The van der Waals surface area contributed by atoms with Crippen LogP contribution in [-0.2, 0) is 4.79 Å². The molecule has 0 bridgehead atoms. The predicted octanol–water partition coefficient (Wildman–Crippen LogP) is 2.36. The Morgan fingerprint density at radius 1 is 1.35 bits per heavy atom. The second-order valence-electron chi connectivity index (χ2n) is 3.73. The van der Waals surface area contributed by atoms with Gasteiger partial charge in [0.15, 0.2) is 11.5 Å². The summed E-state index contributed by atoms with van der Waals surface area (Å²) in [5, 5.41) is 2.80. The molecule has 1 aromatic carbocycles. The molecule has 0 unspecified atom stereocenters. The lowest BCUT2D eigenvalue weighted by Crippen LogP contribution is -2.16. The third-order valence-electron chi connectivity index (χ3n) is 2.40. The van der Waals surface area contributed by atoms with Gasteiger partial charge in [0.25, 0.3) is 0 Å². The zero-order valence-electron chi connectivity index (χ0n) is 9.57. The molecule has 1 aromatic rings. The largest absolute Gasteiger partial charge is 0.486 e. The number of carbonyl (C=O) groups excluding carboxylic acids is 1. The number of fused-ring (bicyclic) bond motifs is 1. The van der Waals surface area contributed by atoms with Crippen molar-refractivity contribution >= 4 is 11.6 Å². The van der Waals surface area contributed by atoms with Crippen LogP contribution in [0.15, 0.2) is 30.9 Å². The molecular formula is C13H15NO3. The summed E-state index contributed by atoms with van der Waals surface area (Å²) in [6, 6.07) is 5.39. The van der Waals surface area contributed by atoms with Crippen LogP contribution in [-0.4, -0.2) is 19.1 Å². The van der Waals surface area contributed by atoms with E-state index in [-0.39, 0.29) is 5.91 Å². The van der Waals surface area contributed by atoms with Crippen LogP contribution in [0.4, 0.5) is 5.69 Å². The third kappa shape index (κ3) is 3.00. The average Bonchev–Trinajstić information content (AvgIpc) is 2.36. The molecule has 90 valence electrons. The fraction of sp³-hybridized carbons (Fsp3) is 0.308. The minimum atomic E-state index is -0.0263. The molecule has 4 heteroatoms. The number of benzene rings is 1. The molecule has 0 saturated carbocycles. The van der Waals surface area contributed by atoms with Gasteiger partial charge in [-0.1, -0.05) is 6.08 Å². The van der Waals surface area contributed by atoms with Crippen molar-refractivity contribution in [3.8, 4) is 11.5 Å². The van der Waals surface area contributed by atoms with Crippen molar-refractivity contribution in [1.82, 2.24) is 0 Å². The lowest BCUT2D eigenvalue weighted by atomic mass is 10.2. The van der Waals surface area contributed by atoms with Gasteiger partial charge < -0.3 is 14.8 Å². The van der Waals surface area contributed by atoms with Gasteiger partial charge in [-0.15, -0.1) is 6.58 Å². The van der Waals surface area contributed by atoms with E-state index < -0.39 is 0 Å². The maximum atomic E-state index is 11.5. The Morgan fingerprint density at radius 3 is 2.88 bits per heavy atom. The molecule has 4 nitrogen and oxygen atoms in total. The van der Waals surface area contributed by atoms with Gasteiger partial charge in [0.1, 0.15) is 13.2 Å². The average molecular weight is 233 g/mol. The van der Waals surface area contributed by atoms with Crippen molar-refractivity contribution in [2.24, 2.45) is 0 Å². The first kappa shape index (κ1) is 11.5. The van der Waals surface area contributed by atoms with Crippen molar-refractivity contribution in [3.05, 3.63) is 30.9 Å². The summed E-state index contributed by atoms with van der Waals surface area (Å²) in [7, 11) is 0. The number of anilines is 1. The van der Waals surface area contributed by atoms with Gasteiger partial charge in [0.05, 0.1) is 0 Å². The van der Waals surface area contributed by atoms with E-state index >= 15 is 0 Å². The van der Waals surface area contributed by atoms with Crippen LogP contribution in [0.2, 0.25) is 0 Å². The van der Waals surface area contributed by atoms with E-state index in [2.05, 4.69) is 11.9 Å². The second kappa shape index (κ2) is 5.39. The van der Waals surface area contributed by atoms with E-state index in [0.29, 0.717) is 31.8 Å². The van der Waals surface area contributed by atoms with Crippen molar-refractivity contribution in [1.29, 1.82) is 0 Å². The first-order chi connectivity index (χ1) is 8.29. The Kier molecular flexibility index (Phi) is 3.65. The fourth-order valence-corrected chi connectivity index (χ4v) is 1.58. The lowest BCUT2D eigenvalue weighted by molar-refractivity contribution is -0.116. The van der Waals surface area contributed by atoms with Crippen LogP contribution in [0.5, 0.6) is 11.5 Å². The monoisotopic (exact) mass is 233 g/mol. The predicted molar refractivity (Wildman–Crippen MR) is 65.5 cm³/mol. The fourth-order valence-electron chi connectivity index (χ4n) is 1.58. The number of carbonyl (C=O) groups is 1. The quantitative estimate of drug-likeness (QED) is 0.812. The van der Waals surface area contributed by atoms with Gasteiger partial charge in [-0.05, 0) is 18.6 Å². The van der Waals surface area contributed by atoms with Gasteiger partial charge >= 0.3 is 0 Å². The molecule has 0 aromatic heterocycles. The van der Waals surface area contributed by atoms with E-state index in [4.69, 9.17) is 9.47 Å². The number of hydrogen-bond donors (Lipinski definition) is 1. The van der Waals surface area contributed by atoms with Crippen molar-refractivity contribution in [2.45, 2.75) is 12.8 Å².